The molecule has 0 spiro atoms. The van der Waals surface area contributed by atoms with Gasteiger partial charge >= 0.3 is 5.97 Å². The summed E-state index contributed by atoms with van der Waals surface area (Å²) in [6, 6.07) is 0. The molecule has 0 aromatic heterocycles. The first-order valence-corrected chi connectivity index (χ1v) is 4.12. The summed E-state index contributed by atoms with van der Waals surface area (Å²) in [7, 11) is 0. The van der Waals surface area contributed by atoms with Crippen LogP contribution in [0.2, 0.25) is 0 Å². The Morgan fingerprint density at radius 1 is 1.29 bits per heavy atom. The van der Waals surface area contributed by atoms with Crippen molar-refractivity contribution in [3.8, 4) is 0 Å². The molecule has 0 amide bonds. The van der Waals surface area contributed by atoms with Gasteiger partial charge in [0.1, 0.15) is 12.2 Å². The van der Waals surface area contributed by atoms with E-state index in [0.717, 1.165) is 6.92 Å². The zero-order valence-corrected chi connectivity index (χ0v) is 7.41. The third kappa shape index (κ3) is 0.898. The average Bonchev–Trinajstić information content (AvgIpc) is 2.66. The second-order valence-electron chi connectivity index (χ2n) is 3.76. The fraction of sp³-hybridized carbons (Fsp3) is 1.00. The Kier molecular flexibility index (Phi) is 1.79. The van der Waals surface area contributed by atoms with E-state index in [4.69, 9.17) is 5.11 Å². The highest BCUT2D eigenvalue weighted by Gasteiger charge is 2.85. The Bertz CT molecular complexity index is 267. The van der Waals surface area contributed by atoms with Crippen molar-refractivity contribution in [2.24, 2.45) is 0 Å². The van der Waals surface area contributed by atoms with E-state index in [9.17, 15) is 20.4 Å². The Balaban J connectivity index is 2.32. The lowest BCUT2D eigenvalue weighted by atomic mass is 9.85. The summed E-state index contributed by atoms with van der Waals surface area (Å²) in [4.78, 5) is 0. The number of epoxide rings is 1. The molecule has 0 saturated carbocycles. The van der Waals surface area contributed by atoms with Gasteiger partial charge in [-0.15, -0.1) is 0 Å². The number of hydrogen-bond donors (Lipinski definition) is 5. The third-order valence-electron chi connectivity index (χ3n) is 2.78. The molecule has 0 radical (unpaired) electrons. The Labute approximate surface area is 79.1 Å². The number of aliphatic hydroxyl groups excluding tert-OH is 2. The highest BCUT2D eigenvalue weighted by atomic mass is 17.0. The molecule has 2 fully saturated rings. The summed E-state index contributed by atoms with van der Waals surface area (Å²) in [6.45, 7) is 0.472. The van der Waals surface area contributed by atoms with Gasteiger partial charge in [-0.25, -0.2) is 0 Å². The lowest BCUT2D eigenvalue weighted by molar-refractivity contribution is -0.319. The van der Waals surface area contributed by atoms with Crippen molar-refractivity contribution in [2.45, 2.75) is 36.5 Å². The van der Waals surface area contributed by atoms with Gasteiger partial charge < -0.3 is 30.3 Å². The molecule has 2 heterocycles. The summed E-state index contributed by atoms with van der Waals surface area (Å²) in [5.41, 5.74) is -2.10. The second-order valence-corrected chi connectivity index (χ2v) is 3.76. The van der Waals surface area contributed by atoms with Gasteiger partial charge in [0.25, 0.3) is 5.79 Å². The summed E-state index contributed by atoms with van der Waals surface area (Å²) >= 11 is 0. The highest BCUT2D eigenvalue weighted by molar-refractivity contribution is 5.15. The maximum atomic E-state index is 9.70. The smallest absolute Gasteiger partial charge is 0.344 e. The van der Waals surface area contributed by atoms with Gasteiger partial charge in [-0.05, 0) is 6.92 Å². The number of hydrogen-bond acceptors (Lipinski definition) is 7. The number of aliphatic hydroxyl groups is 5. The molecule has 0 aromatic carbocycles. The lowest BCUT2D eigenvalue weighted by Gasteiger charge is -2.40. The van der Waals surface area contributed by atoms with E-state index in [1.807, 2.05) is 0 Å². The highest BCUT2D eigenvalue weighted by Crippen LogP contribution is 2.57. The van der Waals surface area contributed by atoms with Gasteiger partial charge in [0.05, 0.1) is 6.61 Å². The molecule has 2 aliphatic rings. The fourth-order valence-corrected chi connectivity index (χ4v) is 1.67. The minimum Gasteiger partial charge on any atom is -0.394 e. The fourth-order valence-electron chi connectivity index (χ4n) is 1.67. The molecule has 14 heavy (non-hydrogen) atoms. The van der Waals surface area contributed by atoms with E-state index in [-0.39, 0.29) is 0 Å². The SMILES string of the molecule is C[C@]1(O)[C@@H](O)[C@@H](CO)OC2(O)O[C@@]21O. The van der Waals surface area contributed by atoms with Crippen molar-refractivity contribution >= 4 is 0 Å². The van der Waals surface area contributed by atoms with Crippen molar-refractivity contribution in [1.29, 1.82) is 0 Å². The molecule has 5 N–H and O–H groups in total. The quantitative estimate of drug-likeness (QED) is 0.288. The average molecular weight is 208 g/mol. The number of rotatable bonds is 1. The summed E-state index contributed by atoms with van der Waals surface area (Å²) in [5.74, 6) is -4.69. The minimum atomic E-state index is -2.34. The van der Waals surface area contributed by atoms with Crippen LogP contribution in [0.4, 0.5) is 0 Å². The standard InChI is InChI=1S/C7H12O7/c1-5(10)4(9)3(2-8)13-7(12)6(5,11)14-7/h3-4,8-12H,2H2,1H3/t3-,4+,5+,6-,7?/m1/s1. The van der Waals surface area contributed by atoms with Crippen LogP contribution in [0.3, 0.4) is 0 Å². The molecule has 2 rings (SSSR count). The van der Waals surface area contributed by atoms with Gasteiger partial charge in [0, 0.05) is 0 Å². The second kappa shape index (κ2) is 2.45. The predicted molar refractivity (Wildman–Crippen MR) is 39.6 cm³/mol. The summed E-state index contributed by atoms with van der Waals surface area (Å²) in [5, 5.41) is 46.9. The number of fused-ring (bicyclic) bond motifs is 1. The van der Waals surface area contributed by atoms with Crippen molar-refractivity contribution in [2.75, 3.05) is 6.61 Å². The molecule has 0 bridgehead atoms. The van der Waals surface area contributed by atoms with Crippen LogP contribution in [0.5, 0.6) is 0 Å². The maximum absolute atomic E-state index is 9.70. The van der Waals surface area contributed by atoms with Crippen LogP contribution < -0.4 is 0 Å². The molecule has 82 valence electrons. The first-order valence-electron chi connectivity index (χ1n) is 4.12. The third-order valence-corrected chi connectivity index (χ3v) is 2.78. The minimum absolute atomic E-state index is 0.612. The molecule has 0 aliphatic carbocycles. The van der Waals surface area contributed by atoms with Gasteiger partial charge in [-0.3, -0.25) is 4.74 Å². The zero-order valence-electron chi connectivity index (χ0n) is 7.41. The van der Waals surface area contributed by atoms with Crippen molar-refractivity contribution in [3.05, 3.63) is 0 Å². The Morgan fingerprint density at radius 3 is 2.36 bits per heavy atom. The van der Waals surface area contributed by atoms with Crippen LogP contribution in [0.1, 0.15) is 6.92 Å². The molecular weight excluding hydrogens is 196 g/mol. The van der Waals surface area contributed by atoms with E-state index in [1.165, 1.54) is 0 Å². The van der Waals surface area contributed by atoms with Gasteiger partial charge in [0.2, 0.25) is 0 Å². The van der Waals surface area contributed by atoms with E-state index >= 15 is 0 Å². The van der Waals surface area contributed by atoms with E-state index < -0.39 is 36.2 Å². The van der Waals surface area contributed by atoms with Crippen LogP contribution in [0, 0.1) is 0 Å². The normalized spacial score (nSPS) is 62.1. The van der Waals surface area contributed by atoms with Gasteiger partial charge in [-0.1, -0.05) is 0 Å². The van der Waals surface area contributed by atoms with Crippen molar-refractivity contribution < 1.29 is 35.0 Å². The molecule has 1 unspecified atom stereocenters. The zero-order chi connectivity index (χ0) is 10.8. The summed E-state index contributed by atoms with van der Waals surface area (Å²) < 4.78 is 9.11. The van der Waals surface area contributed by atoms with Crippen molar-refractivity contribution in [1.82, 2.24) is 0 Å². The Morgan fingerprint density at radius 2 is 1.86 bits per heavy atom. The molecule has 2 aliphatic heterocycles. The van der Waals surface area contributed by atoms with Crippen LogP contribution >= 0.6 is 0 Å². The van der Waals surface area contributed by atoms with Crippen LogP contribution in [-0.4, -0.2) is 61.7 Å². The van der Waals surface area contributed by atoms with E-state index in [1.54, 1.807) is 0 Å². The van der Waals surface area contributed by atoms with Gasteiger partial charge in [0.15, 0.2) is 5.60 Å². The van der Waals surface area contributed by atoms with Crippen LogP contribution in [0.25, 0.3) is 0 Å². The maximum Gasteiger partial charge on any atom is 0.344 e. The molecule has 7 heteroatoms. The van der Waals surface area contributed by atoms with Crippen LogP contribution in [0.15, 0.2) is 0 Å². The Hall–Kier alpha value is -0.280. The van der Waals surface area contributed by atoms with Crippen molar-refractivity contribution in [3.63, 3.8) is 0 Å². The van der Waals surface area contributed by atoms with E-state index in [2.05, 4.69) is 9.47 Å². The topological polar surface area (TPSA) is 123 Å². The molecule has 5 atom stereocenters. The number of ether oxygens (including phenoxy) is 2. The molecule has 7 nitrogen and oxygen atoms in total. The predicted octanol–water partition coefficient (Wildman–Crippen LogP) is -3.15. The molecular formula is C7H12O7. The monoisotopic (exact) mass is 208 g/mol. The molecule has 0 aromatic rings. The first kappa shape index (κ1) is 10.2. The van der Waals surface area contributed by atoms with E-state index in [0.29, 0.717) is 0 Å². The largest absolute Gasteiger partial charge is 0.394 e. The first-order chi connectivity index (χ1) is 6.28. The molecule has 2 saturated heterocycles. The summed E-state index contributed by atoms with van der Waals surface area (Å²) in [6.07, 6.45) is -2.77. The van der Waals surface area contributed by atoms with Gasteiger partial charge in [-0.2, -0.15) is 0 Å². The van der Waals surface area contributed by atoms with Crippen LogP contribution in [-0.2, 0) is 9.47 Å². The lowest BCUT2D eigenvalue weighted by Crippen LogP contribution is -2.65.